The summed E-state index contributed by atoms with van der Waals surface area (Å²) in [6, 6.07) is 3.85. The van der Waals surface area contributed by atoms with Crippen LogP contribution >= 0.6 is 23.2 Å². The fraction of sp³-hybridized carbons (Fsp3) is 0.538. The van der Waals surface area contributed by atoms with E-state index < -0.39 is 0 Å². The number of nitrogen functional groups attached to an aromatic ring is 1. The van der Waals surface area contributed by atoms with Crippen molar-refractivity contribution in [3.05, 3.63) is 27.7 Å². The average molecular weight is 273 g/mol. The Hall–Kier alpha value is -0.440. The van der Waals surface area contributed by atoms with Crippen LogP contribution in [0.4, 0.5) is 5.69 Å². The summed E-state index contributed by atoms with van der Waals surface area (Å²) in [5.74, 6) is 0. The average Bonchev–Trinajstić information content (AvgIpc) is 2.54. The second-order valence-corrected chi connectivity index (χ2v) is 5.48. The lowest BCUT2D eigenvalue weighted by molar-refractivity contribution is 0.277. The predicted octanol–water partition coefficient (Wildman–Crippen LogP) is 3.95. The van der Waals surface area contributed by atoms with Gasteiger partial charge in [-0.25, -0.2) is 0 Å². The Kier molecular flexibility index (Phi) is 4.55. The van der Waals surface area contributed by atoms with E-state index in [4.69, 9.17) is 28.9 Å². The van der Waals surface area contributed by atoms with E-state index in [1.54, 1.807) is 0 Å². The largest absolute Gasteiger partial charge is 0.396 e. The summed E-state index contributed by atoms with van der Waals surface area (Å²) in [6.45, 7) is 3.25. The zero-order valence-electron chi connectivity index (χ0n) is 9.88. The SMILES string of the molecule is Nc1c(Cl)cc(CN2CCCCCC2)cc1Cl. The van der Waals surface area contributed by atoms with E-state index in [1.807, 2.05) is 12.1 Å². The summed E-state index contributed by atoms with van der Waals surface area (Å²) in [4.78, 5) is 2.46. The Labute approximate surface area is 113 Å². The summed E-state index contributed by atoms with van der Waals surface area (Å²) in [6.07, 6.45) is 5.27. The third-order valence-electron chi connectivity index (χ3n) is 3.24. The second kappa shape index (κ2) is 5.94. The summed E-state index contributed by atoms with van der Waals surface area (Å²) >= 11 is 12.1. The summed E-state index contributed by atoms with van der Waals surface area (Å²) < 4.78 is 0. The molecule has 2 N–H and O–H groups in total. The van der Waals surface area contributed by atoms with Crippen molar-refractivity contribution in [3.63, 3.8) is 0 Å². The molecule has 2 rings (SSSR count). The summed E-state index contributed by atoms with van der Waals surface area (Å²) in [7, 11) is 0. The van der Waals surface area contributed by atoms with Crippen LogP contribution in [0.2, 0.25) is 10.0 Å². The molecule has 1 fully saturated rings. The first-order valence-corrected chi connectivity index (χ1v) is 6.88. The molecule has 1 aliphatic rings. The van der Waals surface area contributed by atoms with Crippen molar-refractivity contribution in [2.75, 3.05) is 18.8 Å². The van der Waals surface area contributed by atoms with Gasteiger partial charge in [-0.3, -0.25) is 4.90 Å². The molecule has 0 atom stereocenters. The fourth-order valence-corrected chi connectivity index (χ4v) is 2.81. The van der Waals surface area contributed by atoms with Gasteiger partial charge in [-0.1, -0.05) is 36.0 Å². The highest BCUT2D eigenvalue weighted by Gasteiger charge is 2.11. The topological polar surface area (TPSA) is 29.3 Å². The molecule has 94 valence electrons. The number of nitrogens with zero attached hydrogens (tertiary/aromatic N) is 1. The molecular formula is C13H18Cl2N2. The minimum Gasteiger partial charge on any atom is -0.396 e. The Morgan fingerprint density at radius 1 is 1.00 bits per heavy atom. The third-order valence-corrected chi connectivity index (χ3v) is 3.87. The monoisotopic (exact) mass is 272 g/mol. The van der Waals surface area contributed by atoms with Crippen molar-refractivity contribution < 1.29 is 0 Å². The van der Waals surface area contributed by atoms with Gasteiger partial charge in [0.15, 0.2) is 0 Å². The molecule has 0 aromatic heterocycles. The molecule has 0 radical (unpaired) electrons. The molecule has 1 aromatic rings. The van der Waals surface area contributed by atoms with Crippen LogP contribution in [0, 0.1) is 0 Å². The van der Waals surface area contributed by atoms with Gasteiger partial charge in [-0.2, -0.15) is 0 Å². The number of likely N-dealkylation sites (tertiary alicyclic amines) is 1. The van der Waals surface area contributed by atoms with Gasteiger partial charge in [0.1, 0.15) is 0 Å². The minimum atomic E-state index is 0.480. The number of hydrogen-bond donors (Lipinski definition) is 1. The van der Waals surface area contributed by atoms with Gasteiger partial charge in [0.05, 0.1) is 15.7 Å². The van der Waals surface area contributed by atoms with E-state index in [2.05, 4.69) is 4.90 Å². The van der Waals surface area contributed by atoms with Crippen molar-refractivity contribution in [1.82, 2.24) is 4.90 Å². The van der Waals surface area contributed by atoms with Crippen molar-refractivity contribution >= 4 is 28.9 Å². The smallest absolute Gasteiger partial charge is 0.0693 e. The Morgan fingerprint density at radius 2 is 1.53 bits per heavy atom. The van der Waals surface area contributed by atoms with Crippen LogP contribution in [-0.2, 0) is 6.54 Å². The maximum absolute atomic E-state index is 6.04. The first kappa shape index (κ1) is 13.0. The Balaban J connectivity index is 2.07. The van der Waals surface area contributed by atoms with Gasteiger partial charge >= 0.3 is 0 Å². The normalized spacial score (nSPS) is 18.0. The zero-order valence-corrected chi connectivity index (χ0v) is 11.4. The van der Waals surface area contributed by atoms with Gasteiger partial charge in [-0.05, 0) is 43.6 Å². The maximum Gasteiger partial charge on any atom is 0.0693 e. The molecule has 1 aromatic carbocycles. The lowest BCUT2D eigenvalue weighted by Gasteiger charge is -2.20. The maximum atomic E-state index is 6.04. The molecule has 0 bridgehead atoms. The van der Waals surface area contributed by atoms with Crippen molar-refractivity contribution in [1.29, 1.82) is 0 Å². The first-order chi connectivity index (χ1) is 8.16. The van der Waals surface area contributed by atoms with E-state index in [9.17, 15) is 0 Å². The molecule has 0 unspecified atom stereocenters. The molecule has 0 aliphatic carbocycles. The van der Waals surface area contributed by atoms with Gasteiger partial charge in [0, 0.05) is 6.54 Å². The molecule has 17 heavy (non-hydrogen) atoms. The van der Waals surface area contributed by atoms with E-state index >= 15 is 0 Å². The molecule has 2 nitrogen and oxygen atoms in total. The number of benzene rings is 1. The number of hydrogen-bond acceptors (Lipinski definition) is 2. The Morgan fingerprint density at radius 3 is 2.06 bits per heavy atom. The van der Waals surface area contributed by atoms with Gasteiger partial charge in [0.2, 0.25) is 0 Å². The summed E-state index contributed by atoms with van der Waals surface area (Å²) in [5, 5.41) is 1.12. The molecule has 1 aliphatic heterocycles. The van der Waals surface area contributed by atoms with Gasteiger partial charge in [0.25, 0.3) is 0 Å². The molecule has 1 heterocycles. The highest BCUT2D eigenvalue weighted by Crippen LogP contribution is 2.29. The molecule has 0 spiro atoms. The summed E-state index contributed by atoms with van der Waals surface area (Å²) in [5.41, 5.74) is 7.36. The number of rotatable bonds is 2. The van der Waals surface area contributed by atoms with E-state index in [-0.39, 0.29) is 0 Å². The standard InChI is InChI=1S/C13H18Cl2N2/c14-11-7-10(8-12(15)13(11)16)9-17-5-3-1-2-4-6-17/h7-8H,1-6,9,16H2. The van der Waals surface area contributed by atoms with Crippen LogP contribution in [0.15, 0.2) is 12.1 Å². The molecule has 0 amide bonds. The second-order valence-electron chi connectivity index (χ2n) is 4.66. The van der Waals surface area contributed by atoms with Crippen molar-refractivity contribution in [3.8, 4) is 0 Å². The highest BCUT2D eigenvalue weighted by atomic mass is 35.5. The van der Waals surface area contributed by atoms with Crippen LogP contribution in [0.1, 0.15) is 31.2 Å². The number of anilines is 1. The van der Waals surface area contributed by atoms with Crippen molar-refractivity contribution in [2.45, 2.75) is 32.2 Å². The van der Waals surface area contributed by atoms with Gasteiger partial charge < -0.3 is 5.73 Å². The lowest BCUT2D eigenvalue weighted by Crippen LogP contribution is -2.23. The molecule has 1 saturated heterocycles. The lowest BCUT2D eigenvalue weighted by atomic mass is 10.2. The van der Waals surface area contributed by atoms with Crippen LogP contribution in [0.3, 0.4) is 0 Å². The van der Waals surface area contributed by atoms with E-state index in [0.29, 0.717) is 15.7 Å². The number of halogens is 2. The molecule has 4 heteroatoms. The van der Waals surface area contributed by atoms with E-state index in [1.165, 1.54) is 38.8 Å². The van der Waals surface area contributed by atoms with Crippen LogP contribution in [0.25, 0.3) is 0 Å². The fourth-order valence-electron chi connectivity index (χ4n) is 2.28. The van der Waals surface area contributed by atoms with Crippen LogP contribution in [0.5, 0.6) is 0 Å². The highest BCUT2D eigenvalue weighted by molar-refractivity contribution is 6.38. The quantitative estimate of drug-likeness (QED) is 0.827. The zero-order chi connectivity index (χ0) is 12.3. The van der Waals surface area contributed by atoms with Crippen LogP contribution in [-0.4, -0.2) is 18.0 Å². The number of nitrogens with two attached hydrogens (primary N) is 1. The van der Waals surface area contributed by atoms with E-state index in [0.717, 1.165) is 12.1 Å². The first-order valence-electron chi connectivity index (χ1n) is 6.12. The molecular weight excluding hydrogens is 255 g/mol. The predicted molar refractivity (Wildman–Crippen MR) is 74.6 cm³/mol. The third kappa shape index (κ3) is 3.51. The molecule has 0 saturated carbocycles. The van der Waals surface area contributed by atoms with Crippen LogP contribution < -0.4 is 5.73 Å². The van der Waals surface area contributed by atoms with Gasteiger partial charge in [-0.15, -0.1) is 0 Å². The van der Waals surface area contributed by atoms with Crippen molar-refractivity contribution in [2.24, 2.45) is 0 Å². The minimum absolute atomic E-state index is 0.480. The Bertz CT molecular complexity index is 362.